The number of nitrogen functional groups attached to an aromatic ring is 1. The molecule has 1 amide bonds. The summed E-state index contributed by atoms with van der Waals surface area (Å²) >= 11 is 0. The maximum atomic E-state index is 12.2. The Morgan fingerprint density at radius 3 is 2.74 bits per heavy atom. The molecular formula is C14H24N4O. The number of hydrogen-bond acceptors (Lipinski definition) is 3. The van der Waals surface area contributed by atoms with Gasteiger partial charge in [-0.2, -0.15) is 0 Å². The first-order valence-electron chi connectivity index (χ1n) is 7.13. The molecule has 1 aliphatic carbocycles. The molecule has 0 radical (unpaired) electrons. The maximum Gasteiger partial charge on any atom is 0.268 e. The van der Waals surface area contributed by atoms with E-state index in [-0.39, 0.29) is 5.91 Å². The standard InChI is InChI=1S/C14H24N4O/c1-3-17(4-2)8-7-16-14(19)13-9-11(15)10-18(13)12-5-6-12/h9-10,12H,3-8,15H2,1-2H3,(H,16,19). The van der Waals surface area contributed by atoms with E-state index in [4.69, 9.17) is 5.73 Å². The molecule has 106 valence electrons. The monoisotopic (exact) mass is 264 g/mol. The molecule has 0 bridgehead atoms. The molecule has 5 heteroatoms. The first-order chi connectivity index (χ1) is 9.15. The minimum absolute atomic E-state index is 0.0178. The molecular weight excluding hydrogens is 240 g/mol. The number of rotatable bonds is 7. The highest BCUT2D eigenvalue weighted by atomic mass is 16.1. The molecule has 0 unspecified atom stereocenters. The molecule has 0 saturated heterocycles. The van der Waals surface area contributed by atoms with Crippen LogP contribution in [-0.2, 0) is 0 Å². The number of carbonyl (C=O) groups is 1. The van der Waals surface area contributed by atoms with Crippen LogP contribution in [0.4, 0.5) is 5.69 Å². The summed E-state index contributed by atoms with van der Waals surface area (Å²) in [7, 11) is 0. The molecule has 1 aromatic rings. The van der Waals surface area contributed by atoms with E-state index >= 15 is 0 Å². The number of anilines is 1. The second kappa shape index (κ2) is 6.10. The average molecular weight is 264 g/mol. The fraction of sp³-hybridized carbons (Fsp3) is 0.643. The molecule has 1 aliphatic rings. The van der Waals surface area contributed by atoms with Crippen LogP contribution >= 0.6 is 0 Å². The lowest BCUT2D eigenvalue weighted by Gasteiger charge is -2.18. The van der Waals surface area contributed by atoms with Gasteiger partial charge in [0.05, 0.1) is 5.69 Å². The zero-order valence-corrected chi connectivity index (χ0v) is 11.9. The van der Waals surface area contributed by atoms with Gasteiger partial charge in [-0.3, -0.25) is 4.79 Å². The Labute approximate surface area is 114 Å². The van der Waals surface area contributed by atoms with Gasteiger partial charge in [-0.15, -0.1) is 0 Å². The Kier molecular flexibility index (Phi) is 4.47. The Bertz CT molecular complexity index is 433. The molecule has 1 saturated carbocycles. The summed E-state index contributed by atoms with van der Waals surface area (Å²) < 4.78 is 2.02. The highest BCUT2D eigenvalue weighted by Gasteiger charge is 2.27. The summed E-state index contributed by atoms with van der Waals surface area (Å²) in [5, 5.41) is 2.98. The van der Waals surface area contributed by atoms with Crippen LogP contribution in [0.5, 0.6) is 0 Å². The molecule has 1 aromatic heterocycles. The van der Waals surface area contributed by atoms with E-state index in [9.17, 15) is 4.79 Å². The van der Waals surface area contributed by atoms with Crippen LogP contribution in [0.15, 0.2) is 12.3 Å². The predicted octanol–water partition coefficient (Wildman–Crippen LogP) is 1.48. The summed E-state index contributed by atoms with van der Waals surface area (Å²) in [4.78, 5) is 14.4. The van der Waals surface area contributed by atoms with Crippen molar-refractivity contribution in [2.45, 2.75) is 32.7 Å². The topological polar surface area (TPSA) is 63.3 Å². The van der Waals surface area contributed by atoms with Gasteiger partial charge < -0.3 is 20.5 Å². The zero-order valence-electron chi connectivity index (χ0n) is 11.9. The quantitative estimate of drug-likeness (QED) is 0.784. The van der Waals surface area contributed by atoms with Crippen LogP contribution in [0.3, 0.4) is 0 Å². The van der Waals surface area contributed by atoms with Crippen LogP contribution in [0.25, 0.3) is 0 Å². The third-order valence-electron chi connectivity index (χ3n) is 3.65. The van der Waals surface area contributed by atoms with Gasteiger partial charge in [-0.1, -0.05) is 13.8 Å². The summed E-state index contributed by atoms with van der Waals surface area (Å²) in [6.07, 6.45) is 4.17. The van der Waals surface area contributed by atoms with Crippen LogP contribution in [-0.4, -0.2) is 41.6 Å². The zero-order chi connectivity index (χ0) is 13.8. The maximum absolute atomic E-state index is 12.2. The number of aromatic nitrogens is 1. The van der Waals surface area contributed by atoms with Gasteiger partial charge in [-0.25, -0.2) is 0 Å². The van der Waals surface area contributed by atoms with Crippen LogP contribution in [0, 0.1) is 0 Å². The molecule has 1 heterocycles. The number of hydrogen-bond donors (Lipinski definition) is 2. The van der Waals surface area contributed by atoms with Gasteiger partial charge in [0.15, 0.2) is 0 Å². The number of carbonyl (C=O) groups excluding carboxylic acids is 1. The molecule has 0 atom stereocenters. The number of likely N-dealkylation sites (N-methyl/N-ethyl adjacent to an activating group) is 1. The van der Waals surface area contributed by atoms with Crippen molar-refractivity contribution in [3.63, 3.8) is 0 Å². The largest absolute Gasteiger partial charge is 0.397 e. The lowest BCUT2D eigenvalue weighted by molar-refractivity contribution is 0.0939. The fourth-order valence-corrected chi connectivity index (χ4v) is 2.30. The van der Waals surface area contributed by atoms with Gasteiger partial charge in [0.1, 0.15) is 5.69 Å². The number of amides is 1. The van der Waals surface area contributed by atoms with Gasteiger partial charge in [0.2, 0.25) is 0 Å². The average Bonchev–Trinajstić information content (AvgIpc) is 3.17. The summed E-state index contributed by atoms with van der Waals surface area (Å²) in [5.74, 6) is -0.0178. The number of nitrogens with zero attached hydrogens (tertiary/aromatic N) is 2. The molecule has 2 rings (SSSR count). The van der Waals surface area contributed by atoms with Crippen molar-refractivity contribution in [1.82, 2.24) is 14.8 Å². The summed E-state index contributed by atoms with van der Waals surface area (Å²) in [6, 6.07) is 2.24. The SMILES string of the molecule is CCN(CC)CCNC(=O)c1cc(N)cn1C1CC1. The molecule has 1 fully saturated rings. The third-order valence-corrected chi connectivity index (χ3v) is 3.65. The highest BCUT2D eigenvalue weighted by molar-refractivity contribution is 5.93. The van der Waals surface area contributed by atoms with E-state index in [1.54, 1.807) is 6.07 Å². The lowest BCUT2D eigenvalue weighted by Crippen LogP contribution is -2.35. The minimum atomic E-state index is -0.0178. The van der Waals surface area contributed by atoms with E-state index < -0.39 is 0 Å². The summed E-state index contributed by atoms with van der Waals surface area (Å²) in [6.45, 7) is 7.85. The minimum Gasteiger partial charge on any atom is -0.397 e. The van der Waals surface area contributed by atoms with Gasteiger partial charge in [0.25, 0.3) is 5.91 Å². The van der Waals surface area contributed by atoms with Crippen molar-refractivity contribution >= 4 is 11.6 Å². The van der Waals surface area contributed by atoms with E-state index in [2.05, 4.69) is 24.1 Å². The van der Waals surface area contributed by atoms with Crippen molar-refractivity contribution in [3.05, 3.63) is 18.0 Å². The van der Waals surface area contributed by atoms with E-state index in [0.717, 1.165) is 32.5 Å². The second-order valence-electron chi connectivity index (χ2n) is 5.08. The van der Waals surface area contributed by atoms with E-state index in [1.807, 2.05) is 10.8 Å². The Morgan fingerprint density at radius 1 is 1.47 bits per heavy atom. The van der Waals surface area contributed by atoms with E-state index in [0.29, 0.717) is 24.0 Å². The predicted molar refractivity (Wildman–Crippen MR) is 77.2 cm³/mol. The van der Waals surface area contributed by atoms with Gasteiger partial charge in [-0.05, 0) is 32.0 Å². The molecule has 0 aliphatic heterocycles. The first-order valence-corrected chi connectivity index (χ1v) is 7.13. The van der Waals surface area contributed by atoms with Crippen LogP contribution in [0.2, 0.25) is 0 Å². The lowest BCUT2D eigenvalue weighted by atomic mass is 10.3. The molecule has 0 aromatic carbocycles. The van der Waals surface area contributed by atoms with Gasteiger partial charge in [0, 0.05) is 25.3 Å². The Balaban J connectivity index is 1.89. The van der Waals surface area contributed by atoms with Crippen LogP contribution < -0.4 is 11.1 Å². The first kappa shape index (κ1) is 13.9. The second-order valence-corrected chi connectivity index (χ2v) is 5.08. The molecule has 19 heavy (non-hydrogen) atoms. The van der Waals surface area contributed by atoms with Crippen molar-refractivity contribution in [3.8, 4) is 0 Å². The highest BCUT2D eigenvalue weighted by Crippen LogP contribution is 2.37. The molecule has 5 nitrogen and oxygen atoms in total. The Morgan fingerprint density at radius 2 is 2.16 bits per heavy atom. The van der Waals surface area contributed by atoms with Crippen LogP contribution in [0.1, 0.15) is 43.2 Å². The third kappa shape index (κ3) is 3.50. The smallest absolute Gasteiger partial charge is 0.268 e. The van der Waals surface area contributed by atoms with Crippen molar-refractivity contribution < 1.29 is 4.79 Å². The summed E-state index contributed by atoms with van der Waals surface area (Å²) in [5.41, 5.74) is 7.16. The van der Waals surface area contributed by atoms with Crippen molar-refractivity contribution in [2.24, 2.45) is 0 Å². The number of nitrogens with one attached hydrogen (secondary N) is 1. The van der Waals surface area contributed by atoms with E-state index in [1.165, 1.54) is 0 Å². The molecule has 0 spiro atoms. The van der Waals surface area contributed by atoms with Crippen molar-refractivity contribution in [1.29, 1.82) is 0 Å². The van der Waals surface area contributed by atoms with Gasteiger partial charge >= 0.3 is 0 Å². The van der Waals surface area contributed by atoms with Crippen molar-refractivity contribution in [2.75, 3.05) is 31.9 Å². The molecule has 3 N–H and O–H groups in total. The Hall–Kier alpha value is -1.49. The number of nitrogens with two attached hydrogens (primary N) is 1. The normalized spacial score (nSPS) is 14.9. The fourth-order valence-electron chi connectivity index (χ4n) is 2.30.